The molecule has 0 unspecified atom stereocenters. The first-order valence-electron chi connectivity index (χ1n) is 11.9. The van der Waals surface area contributed by atoms with Crippen LogP contribution in [0.4, 0.5) is 5.69 Å². The third-order valence-corrected chi connectivity index (χ3v) is 6.38. The quantitative estimate of drug-likeness (QED) is 0.150. The molecule has 1 heterocycles. The fraction of sp³-hybridized carbons (Fsp3) is 0.321. The molecule has 4 nitrogen and oxygen atoms in total. The van der Waals surface area contributed by atoms with Crippen molar-refractivity contribution >= 4 is 28.2 Å². The van der Waals surface area contributed by atoms with E-state index in [1.54, 1.807) is 0 Å². The number of aromatic nitrogens is 1. The van der Waals surface area contributed by atoms with Gasteiger partial charge in [-0.05, 0) is 56.5 Å². The Balaban J connectivity index is 0.000000481. The van der Waals surface area contributed by atoms with E-state index in [1.807, 2.05) is 48.7 Å². The van der Waals surface area contributed by atoms with Crippen LogP contribution in [0.2, 0.25) is 5.02 Å². The van der Waals surface area contributed by atoms with Crippen LogP contribution in [0.5, 0.6) is 0 Å². The number of hydrogen-bond donors (Lipinski definition) is 3. The fourth-order valence-corrected chi connectivity index (χ4v) is 4.53. The van der Waals surface area contributed by atoms with Gasteiger partial charge in [0.2, 0.25) is 0 Å². The number of nitrogens with zero attached hydrogens (tertiary/aromatic N) is 1. The summed E-state index contributed by atoms with van der Waals surface area (Å²) in [5, 5.41) is 12.8. The molecule has 0 saturated heterocycles. The van der Waals surface area contributed by atoms with Crippen molar-refractivity contribution in [3.8, 4) is 0 Å². The molecule has 0 aliphatic heterocycles. The van der Waals surface area contributed by atoms with Crippen molar-refractivity contribution in [2.75, 3.05) is 18.4 Å². The minimum Gasteiger partial charge on any atom is -0.382 e. The third-order valence-electron chi connectivity index (χ3n) is 6.14. The molecule has 4 aromatic rings. The zero-order valence-corrected chi connectivity index (χ0v) is 21.2. The molecule has 0 spiro atoms. The van der Waals surface area contributed by atoms with Crippen LogP contribution in [0.25, 0.3) is 10.9 Å². The number of benzene rings is 1. The van der Waals surface area contributed by atoms with Crippen molar-refractivity contribution in [3.63, 3.8) is 0 Å². The molecule has 34 heavy (non-hydrogen) atoms. The van der Waals surface area contributed by atoms with Crippen molar-refractivity contribution in [1.29, 1.82) is 0 Å². The van der Waals surface area contributed by atoms with Gasteiger partial charge in [-0.25, -0.2) is 18.2 Å². The van der Waals surface area contributed by atoms with E-state index in [0.717, 1.165) is 41.2 Å². The molecule has 3 N–H and O–H groups in total. The van der Waals surface area contributed by atoms with Gasteiger partial charge in [0.25, 0.3) is 0 Å². The molecule has 180 valence electrons. The summed E-state index contributed by atoms with van der Waals surface area (Å²) in [6.45, 7) is 2.99. The Labute approximate surface area is 218 Å². The van der Waals surface area contributed by atoms with Crippen LogP contribution in [0.1, 0.15) is 31.2 Å². The number of anilines is 1. The van der Waals surface area contributed by atoms with Gasteiger partial charge in [-0.3, -0.25) is 4.98 Å². The van der Waals surface area contributed by atoms with E-state index in [4.69, 9.17) is 11.6 Å². The Morgan fingerprint density at radius 2 is 1.71 bits per heavy atom. The van der Waals surface area contributed by atoms with Crippen LogP contribution in [-0.4, -0.2) is 30.2 Å². The number of fused-ring (bicyclic) bond motifs is 1. The molecular formula is C28H33ClFeN4. The first-order chi connectivity index (χ1) is 16.3. The molecule has 6 heteroatoms. The number of halogens is 1. The maximum absolute atomic E-state index is 6.09. The average Bonchev–Trinajstić information content (AvgIpc) is 3.57. The second-order valence-electron chi connectivity index (χ2n) is 8.60. The number of hydrogen-bond acceptors (Lipinski definition) is 4. The van der Waals surface area contributed by atoms with Crippen LogP contribution in [0, 0.1) is 0 Å². The van der Waals surface area contributed by atoms with E-state index < -0.39 is 0 Å². The minimum absolute atomic E-state index is 0. The van der Waals surface area contributed by atoms with Crippen molar-refractivity contribution < 1.29 is 17.1 Å². The van der Waals surface area contributed by atoms with E-state index in [1.165, 1.54) is 31.2 Å². The summed E-state index contributed by atoms with van der Waals surface area (Å²) < 4.78 is 0. The van der Waals surface area contributed by atoms with Crippen LogP contribution >= 0.6 is 11.6 Å². The number of nitrogens with one attached hydrogen (secondary N) is 3. The summed E-state index contributed by atoms with van der Waals surface area (Å²) in [6.07, 6.45) is 6.67. The summed E-state index contributed by atoms with van der Waals surface area (Å²) in [6, 6.07) is 27.6. The number of rotatable bonds is 8. The van der Waals surface area contributed by atoms with Gasteiger partial charge >= 0.3 is 17.1 Å². The second kappa shape index (κ2) is 14.3. The maximum Gasteiger partial charge on any atom is 2.00 e. The Kier molecular flexibility index (Phi) is 11.1. The standard InChI is InChI=1S/C23H28ClN4.C5H5.Fe/c24-18-5-10-21-22(11-12-27-23(21)15-18)28-20-8-6-19(7-9-20)26-14-13-25-16-17-3-1-2-4-17;1-2-4-5-3-1;/h1-5,10-12,15,19-20,25-26H,6-9,13-14,16H2,(H,27,28);1-5H;/q2*-1;+2. The molecule has 1 fully saturated rings. The molecule has 1 aliphatic carbocycles. The molecule has 0 amide bonds. The summed E-state index contributed by atoms with van der Waals surface area (Å²) in [5.41, 5.74) is 3.47. The van der Waals surface area contributed by atoms with Gasteiger partial charge in [0.15, 0.2) is 0 Å². The zero-order valence-electron chi connectivity index (χ0n) is 19.4. The van der Waals surface area contributed by atoms with Gasteiger partial charge in [-0.15, -0.1) is 0 Å². The molecule has 1 aromatic heterocycles. The van der Waals surface area contributed by atoms with Gasteiger partial charge in [0.05, 0.1) is 5.52 Å². The fourth-order valence-electron chi connectivity index (χ4n) is 4.36. The van der Waals surface area contributed by atoms with Gasteiger partial charge in [0.1, 0.15) is 0 Å². The van der Waals surface area contributed by atoms with Crippen molar-refractivity contribution in [3.05, 3.63) is 95.6 Å². The van der Waals surface area contributed by atoms with Crippen LogP contribution in [-0.2, 0) is 23.6 Å². The Morgan fingerprint density at radius 3 is 2.41 bits per heavy atom. The Morgan fingerprint density at radius 1 is 0.912 bits per heavy atom. The Hall–Kier alpha value is -2.14. The van der Waals surface area contributed by atoms with Crippen LogP contribution < -0.4 is 16.0 Å². The van der Waals surface area contributed by atoms with E-state index >= 15 is 0 Å². The predicted molar refractivity (Wildman–Crippen MR) is 140 cm³/mol. The molecule has 1 saturated carbocycles. The largest absolute Gasteiger partial charge is 2.00 e. The predicted octanol–water partition coefficient (Wildman–Crippen LogP) is 6.11. The van der Waals surface area contributed by atoms with Crippen LogP contribution in [0.3, 0.4) is 0 Å². The van der Waals surface area contributed by atoms with Crippen molar-refractivity contribution in [1.82, 2.24) is 15.6 Å². The summed E-state index contributed by atoms with van der Waals surface area (Å²) in [4.78, 5) is 4.43. The van der Waals surface area contributed by atoms with Crippen LogP contribution in [0.15, 0.2) is 85.1 Å². The smallest absolute Gasteiger partial charge is 0.382 e. The normalized spacial score (nSPS) is 17.4. The van der Waals surface area contributed by atoms with Gasteiger partial charge in [0, 0.05) is 47.5 Å². The van der Waals surface area contributed by atoms with E-state index in [0.29, 0.717) is 12.1 Å². The molecule has 3 aromatic carbocycles. The molecule has 0 bridgehead atoms. The minimum atomic E-state index is 0. The molecule has 5 rings (SSSR count). The van der Waals surface area contributed by atoms with Gasteiger partial charge in [-0.2, -0.15) is 42.0 Å². The molecule has 1 aliphatic rings. The second-order valence-corrected chi connectivity index (χ2v) is 9.04. The first-order valence-corrected chi connectivity index (χ1v) is 12.3. The summed E-state index contributed by atoms with van der Waals surface area (Å²) in [5.74, 6) is 0. The molecule has 0 radical (unpaired) electrons. The van der Waals surface area contributed by atoms with Crippen molar-refractivity contribution in [2.45, 2.75) is 44.3 Å². The third kappa shape index (κ3) is 8.26. The Bertz CT molecular complexity index is 1040. The van der Waals surface area contributed by atoms with Crippen molar-refractivity contribution in [2.24, 2.45) is 0 Å². The average molecular weight is 517 g/mol. The molecule has 0 atom stereocenters. The number of pyridine rings is 1. The zero-order chi connectivity index (χ0) is 22.7. The summed E-state index contributed by atoms with van der Waals surface area (Å²) in [7, 11) is 0. The SMILES string of the molecule is Clc1ccc2c(NC3CCC(NCCNCc4cc[cH-]c4)CC3)ccnc2c1.[Fe+2].c1cc[cH-]c1. The first kappa shape index (κ1) is 26.5. The van der Waals surface area contributed by atoms with E-state index in [-0.39, 0.29) is 17.1 Å². The maximum atomic E-state index is 6.09. The van der Waals surface area contributed by atoms with Gasteiger partial charge in [-0.1, -0.05) is 11.6 Å². The molecular weight excluding hydrogens is 484 g/mol. The van der Waals surface area contributed by atoms with Gasteiger partial charge < -0.3 is 16.0 Å². The van der Waals surface area contributed by atoms with E-state index in [2.05, 4.69) is 57.3 Å². The van der Waals surface area contributed by atoms with E-state index in [9.17, 15) is 0 Å². The monoisotopic (exact) mass is 516 g/mol. The summed E-state index contributed by atoms with van der Waals surface area (Å²) >= 11 is 6.09. The topological polar surface area (TPSA) is 49.0 Å².